The van der Waals surface area contributed by atoms with Crippen LogP contribution in [-0.4, -0.2) is 72.6 Å². The van der Waals surface area contributed by atoms with E-state index in [2.05, 4.69) is 74.4 Å². The van der Waals surface area contributed by atoms with Crippen LogP contribution in [0.15, 0.2) is 72.8 Å². The monoisotopic (exact) mass is 1280 g/mol. The van der Waals surface area contributed by atoms with E-state index in [9.17, 15) is 24.3 Å². The molecule has 0 aromatic heterocycles. The number of alkyl halides is 4. The number of carbonyl (C=O) groups excluding carboxylic acids is 7. The fourth-order valence-corrected chi connectivity index (χ4v) is 11.9. The minimum absolute atomic E-state index is 0.220. The van der Waals surface area contributed by atoms with Crippen molar-refractivity contribution in [3.63, 3.8) is 0 Å². The normalized spacial score (nSPS) is 15.3. The Morgan fingerprint density at radius 3 is 1.00 bits per heavy atom. The summed E-state index contributed by atoms with van der Waals surface area (Å²) in [5.41, 5.74) is 5.32. The summed E-state index contributed by atoms with van der Waals surface area (Å²) in [7, 11) is 0. The molecular formula is C59H54Br4N4O9. The van der Waals surface area contributed by atoms with Crippen LogP contribution >= 0.6 is 63.7 Å². The first-order valence-electron chi connectivity index (χ1n) is 25.0. The van der Waals surface area contributed by atoms with E-state index in [-0.39, 0.29) is 40.7 Å². The maximum Gasteiger partial charge on any atom is 0.330 e. The average Bonchev–Trinajstić information content (AvgIpc) is 3.55. The molecule has 0 aliphatic carbocycles. The molecule has 9 rings (SSSR count). The largest absolute Gasteiger partial charge is 0.479 e. The summed E-state index contributed by atoms with van der Waals surface area (Å²) in [5.74, 6) is -5.59. The SMILES string of the molecule is CC(=O)C(NC(=O)C(Br)CBr)c1cc(C(C)C)c(N2C(=O)c3ccc4c5ccc6c7c(ccc(c8ccc(c3c48)C2=O)c75)C(=O)N(c2c(C(C)C)cc(C(NC(=O)C(Br)CBr)C(=O)O)cc2C(C)C)C6=O)c(C(C)C)c1. The van der Waals surface area contributed by atoms with Gasteiger partial charge in [-0.1, -0.05) is 168 Å². The number of fused-ring (bicyclic) bond motifs is 2. The van der Waals surface area contributed by atoms with Crippen LogP contribution in [0, 0.1) is 0 Å². The van der Waals surface area contributed by atoms with Gasteiger partial charge in [-0.15, -0.1) is 0 Å². The smallest absolute Gasteiger partial charge is 0.330 e. The second kappa shape index (κ2) is 20.8. The maximum atomic E-state index is 15.2. The Morgan fingerprint density at radius 1 is 0.474 bits per heavy atom. The average molecular weight is 1280 g/mol. The lowest BCUT2D eigenvalue weighted by Gasteiger charge is -2.34. The quantitative estimate of drug-likeness (QED) is 0.0366. The number of carbonyl (C=O) groups is 8. The van der Waals surface area contributed by atoms with Gasteiger partial charge < -0.3 is 15.7 Å². The van der Waals surface area contributed by atoms with Gasteiger partial charge in [-0.3, -0.25) is 33.6 Å². The molecule has 7 aromatic carbocycles. The third-order valence-electron chi connectivity index (χ3n) is 14.7. The van der Waals surface area contributed by atoms with Crippen molar-refractivity contribution >= 4 is 165 Å². The molecule has 392 valence electrons. The highest BCUT2D eigenvalue weighted by Crippen LogP contribution is 2.50. The molecule has 6 amide bonds. The highest BCUT2D eigenvalue weighted by Gasteiger charge is 2.42. The molecule has 17 heteroatoms. The topological polar surface area (TPSA) is 187 Å². The number of nitrogens with zero attached hydrogens (tertiary/aromatic N) is 2. The van der Waals surface area contributed by atoms with Crippen LogP contribution in [0.1, 0.15) is 173 Å². The molecule has 2 heterocycles. The van der Waals surface area contributed by atoms with E-state index in [4.69, 9.17) is 0 Å². The zero-order valence-electron chi connectivity index (χ0n) is 43.1. The molecule has 0 bridgehead atoms. The van der Waals surface area contributed by atoms with Crippen LogP contribution < -0.4 is 20.4 Å². The van der Waals surface area contributed by atoms with Gasteiger partial charge in [0.15, 0.2) is 11.8 Å². The number of ketones is 1. The summed E-state index contributed by atoms with van der Waals surface area (Å²) in [6.45, 7) is 16.8. The highest BCUT2D eigenvalue weighted by molar-refractivity contribution is 9.12. The molecule has 13 nitrogen and oxygen atoms in total. The van der Waals surface area contributed by atoms with Crippen molar-refractivity contribution in [1.29, 1.82) is 0 Å². The maximum absolute atomic E-state index is 15.2. The van der Waals surface area contributed by atoms with Gasteiger partial charge in [0.05, 0.1) is 11.4 Å². The van der Waals surface area contributed by atoms with Crippen molar-refractivity contribution in [3.05, 3.63) is 128 Å². The number of benzene rings is 7. The predicted molar refractivity (Wildman–Crippen MR) is 312 cm³/mol. The van der Waals surface area contributed by atoms with E-state index in [1.807, 2.05) is 91.8 Å². The second-order valence-corrected chi connectivity index (χ2v) is 24.3. The van der Waals surface area contributed by atoms with Crippen molar-refractivity contribution < 1.29 is 43.5 Å². The number of carboxylic acids is 1. The number of hydrogen-bond acceptors (Lipinski definition) is 8. The lowest BCUT2D eigenvalue weighted by Crippen LogP contribution is -2.42. The standard InChI is InChI=1S/C59H54Br4N4O9/c1-24(2)39-18-29(49(28(9)68)64-53(69)43(62)22-60)19-40(25(3)4)51(39)66-55(71)35-14-10-31-33-12-16-37-48-38(17-13-34(46(33)48)32-11-15-36(56(66)72)47(35)45(31)32)58(74)67(57(37)73)52-41(26(5)6)20-30(21-42(52)27(7)8)50(59(75)76)65-54(70)44(63)23-61/h10-21,24-27,43-44,49-50H,22-23H2,1-9H3,(H,64,69)(H,65,70)(H,75,76). The minimum atomic E-state index is -1.42. The Labute approximate surface area is 472 Å². The van der Waals surface area contributed by atoms with Crippen molar-refractivity contribution in [2.24, 2.45) is 0 Å². The summed E-state index contributed by atoms with van der Waals surface area (Å²) >= 11 is 13.2. The molecule has 4 atom stereocenters. The van der Waals surface area contributed by atoms with Crippen LogP contribution in [0.2, 0.25) is 0 Å². The molecule has 3 N–H and O–H groups in total. The van der Waals surface area contributed by atoms with Gasteiger partial charge in [-0.25, -0.2) is 14.6 Å². The molecule has 76 heavy (non-hydrogen) atoms. The van der Waals surface area contributed by atoms with E-state index in [1.165, 1.54) is 16.7 Å². The predicted octanol–water partition coefficient (Wildman–Crippen LogP) is 13.1. The summed E-state index contributed by atoms with van der Waals surface area (Å²) in [5, 5.41) is 21.7. The summed E-state index contributed by atoms with van der Waals surface area (Å²) < 4.78 is 0. The fourth-order valence-electron chi connectivity index (χ4n) is 11.0. The van der Waals surface area contributed by atoms with Gasteiger partial charge >= 0.3 is 5.97 Å². The molecule has 4 unspecified atom stereocenters. The van der Waals surface area contributed by atoms with Gasteiger partial charge in [0.2, 0.25) is 11.8 Å². The third kappa shape index (κ3) is 8.86. The molecule has 0 saturated heterocycles. The number of amides is 6. The van der Waals surface area contributed by atoms with Gasteiger partial charge in [-0.2, -0.15) is 0 Å². The van der Waals surface area contributed by atoms with Crippen LogP contribution in [0.3, 0.4) is 0 Å². The molecule has 0 saturated carbocycles. The first kappa shape index (κ1) is 54.9. The lowest BCUT2D eigenvalue weighted by atomic mass is 9.81. The zero-order valence-corrected chi connectivity index (χ0v) is 49.4. The van der Waals surface area contributed by atoms with E-state index < -0.39 is 57.2 Å². The summed E-state index contributed by atoms with van der Waals surface area (Å²) in [6, 6.07) is 18.9. The third-order valence-corrected chi connectivity index (χ3v) is 19.2. The van der Waals surface area contributed by atoms with Crippen LogP contribution in [0.25, 0.3) is 43.1 Å². The van der Waals surface area contributed by atoms with Crippen molar-refractivity contribution in [1.82, 2.24) is 10.6 Å². The number of Topliss-reactive ketones (excluding diaryl/α,β-unsaturated/α-hetero) is 1. The number of halogens is 4. The molecule has 2 aliphatic rings. The van der Waals surface area contributed by atoms with E-state index in [1.54, 1.807) is 36.4 Å². The van der Waals surface area contributed by atoms with Crippen LogP contribution in [0.4, 0.5) is 11.4 Å². The molecule has 7 aromatic rings. The Kier molecular flexibility index (Phi) is 15.0. The molecule has 0 spiro atoms. The van der Waals surface area contributed by atoms with E-state index >= 15 is 19.2 Å². The molecular weight excluding hydrogens is 1230 g/mol. The van der Waals surface area contributed by atoms with Gasteiger partial charge in [0, 0.05) is 43.7 Å². The Balaban J connectivity index is 1.18. The van der Waals surface area contributed by atoms with Gasteiger partial charge in [-0.05, 0) is 121 Å². The highest BCUT2D eigenvalue weighted by atomic mass is 79.9. The molecule has 0 radical (unpaired) electrons. The first-order chi connectivity index (χ1) is 35.9. The lowest BCUT2D eigenvalue weighted by molar-refractivity contribution is -0.141. The molecule has 2 aliphatic heterocycles. The minimum Gasteiger partial charge on any atom is -0.479 e. The summed E-state index contributed by atoms with van der Waals surface area (Å²) in [4.78, 5) is 114. The number of aliphatic carboxylic acids is 1. The van der Waals surface area contributed by atoms with Crippen molar-refractivity contribution in [3.8, 4) is 0 Å². The van der Waals surface area contributed by atoms with Crippen molar-refractivity contribution in [2.75, 3.05) is 20.5 Å². The molecule has 0 fully saturated rings. The number of anilines is 2. The number of imide groups is 2. The Morgan fingerprint density at radius 2 is 0.750 bits per heavy atom. The summed E-state index contributed by atoms with van der Waals surface area (Å²) in [6.07, 6.45) is 0. The van der Waals surface area contributed by atoms with Crippen molar-refractivity contribution in [2.45, 2.75) is 108 Å². The number of nitrogens with one attached hydrogen (secondary N) is 2. The number of hydrogen-bond donors (Lipinski definition) is 3. The fraction of sp³-hybridized carbons (Fsp3) is 0.322. The van der Waals surface area contributed by atoms with E-state index in [0.717, 1.165) is 21.5 Å². The second-order valence-electron chi connectivity index (χ2n) is 20.8. The van der Waals surface area contributed by atoms with E-state index in [0.29, 0.717) is 93.9 Å². The van der Waals surface area contributed by atoms with Gasteiger partial charge in [0.1, 0.15) is 15.7 Å². The zero-order chi connectivity index (χ0) is 55.3. The Hall–Kier alpha value is -5.88. The number of carboxylic acid groups (broad SMARTS) is 1. The van der Waals surface area contributed by atoms with Gasteiger partial charge in [0.25, 0.3) is 23.6 Å². The number of rotatable bonds is 16. The Bertz CT molecular complexity index is 3280. The first-order valence-corrected chi connectivity index (χ1v) is 29.1. The van der Waals surface area contributed by atoms with Crippen LogP contribution in [0.5, 0.6) is 0 Å². The van der Waals surface area contributed by atoms with Crippen LogP contribution in [-0.2, 0) is 19.2 Å².